The number of fused-ring (bicyclic) bond motifs is 6. The first-order chi connectivity index (χ1) is 36.6. The molecule has 4 N–H and O–H groups in total. The minimum absolute atomic E-state index is 0.0628. The molecule has 24 heteroatoms. The SMILES string of the molecule is CCN1C(=CC=C2CCCC(C=CC3=[N+](CCCSOOO)c4ccc5c(S(=O)(=O)N(C)CCCC(=O)C(C)(C)C)cccc5c4C3(C)C)=C2SCCS(=O)(=O)O)C(C)(C)c2c1ccc1c(SOOO)cc(S(=O)(=O)O)cc21. The predicted octanol–water partition coefficient (Wildman–Crippen LogP) is 11.8. The first-order valence-electron chi connectivity index (χ1n) is 25.3. The number of likely N-dealkylation sites (N-methyl/N-ethyl adjacent to an activating group) is 1. The summed E-state index contributed by atoms with van der Waals surface area (Å²) >= 11 is 2.88. The number of benzene rings is 4. The Morgan fingerprint density at radius 1 is 0.833 bits per heavy atom. The molecular weight excluding hydrogens is 1120 g/mol. The van der Waals surface area contributed by atoms with Crippen molar-refractivity contribution < 1.29 is 73.0 Å². The number of nitrogens with zero attached hydrogens (tertiary/aromatic N) is 3. The zero-order valence-electron chi connectivity index (χ0n) is 45.1. The fourth-order valence-electron chi connectivity index (χ4n) is 10.8. The topological polar surface area (TPSA) is 247 Å². The van der Waals surface area contributed by atoms with E-state index in [1.165, 1.54) is 35.2 Å². The Morgan fingerprint density at radius 3 is 2.22 bits per heavy atom. The zero-order valence-corrected chi connectivity index (χ0v) is 50.0. The molecule has 1 aliphatic carbocycles. The van der Waals surface area contributed by atoms with Crippen molar-refractivity contribution in [3.05, 3.63) is 112 Å². The fraction of sp³-hybridized carbons (Fsp3) is 0.444. The van der Waals surface area contributed by atoms with Crippen LogP contribution >= 0.6 is 35.8 Å². The summed E-state index contributed by atoms with van der Waals surface area (Å²) in [7, 11) is -11.4. The molecule has 0 radical (unpaired) electrons. The Hall–Kier alpha value is -3.96. The molecule has 18 nitrogen and oxygen atoms in total. The van der Waals surface area contributed by atoms with Gasteiger partial charge in [-0.1, -0.05) is 75.0 Å². The third kappa shape index (κ3) is 13.2. The second-order valence-electron chi connectivity index (χ2n) is 21.4. The number of anilines is 1. The minimum Gasteiger partial charge on any atom is -0.344 e. The van der Waals surface area contributed by atoms with Gasteiger partial charge in [0.25, 0.3) is 20.2 Å². The summed E-state index contributed by atoms with van der Waals surface area (Å²) in [6, 6.07) is 15.5. The summed E-state index contributed by atoms with van der Waals surface area (Å²) < 4.78 is 111. The van der Waals surface area contributed by atoms with Gasteiger partial charge in [-0.3, -0.25) is 13.9 Å². The average molecular weight is 1190 g/mol. The number of allylic oxidation sites excluding steroid dienone is 7. The highest BCUT2D eigenvalue weighted by Gasteiger charge is 2.46. The van der Waals surface area contributed by atoms with Gasteiger partial charge < -0.3 is 4.90 Å². The number of hydrogen-bond acceptors (Lipinski definition) is 17. The van der Waals surface area contributed by atoms with E-state index in [4.69, 9.17) is 14.8 Å². The normalized spacial score (nSPS) is 18.0. The van der Waals surface area contributed by atoms with Gasteiger partial charge in [0.2, 0.25) is 15.7 Å². The molecule has 0 amide bonds. The Bertz CT molecular complexity index is 3490. The van der Waals surface area contributed by atoms with Gasteiger partial charge in [-0.15, -0.1) is 20.4 Å². The van der Waals surface area contributed by atoms with E-state index in [0.29, 0.717) is 72.7 Å². The Kier molecular flexibility index (Phi) is 19.5. The number of rotatable bonds is 24. The maximum atomic E-state index is 14.3. The summed E-state index contributed by atoms with van der Waals surface area (Å²) in [4.78, 5) is 15.7. The van der Waals surface area contributed by atoms with Gasteiger partial charge in [-0.2, -0.15) is 21.4 Å². The summed E-state index contributed by atoms with van der Waals surface area (Å²) in [6.45, 7) is 17.0. The van der Waals surface area contributed by atoms with E-state index in [2.05, 4.69) is 49.9 Å². The van der Waals surface area contributed by atoms with Crippen LogP contribution in [0.15, 0.2) is 115 Å². The van der Waals surface area contributed by atoms with Crippen LogP contribution in [0.3, 0.4) is 0 Å². The molecule has 424 valence electrons. The number of thioether (sulfide) groups is 1. The van der Waals surface area contributed by atoms with E-state index in [0.717, 1.165) is 73.8 Å². The molecule has 2 aliphatic heterocycles. The lowest BCUT2D eigenvalue weighted by Gasteiger charge is -2.27. The molecule has 4 aromatic carbocycles. The van der Waals surface area contributed by atoms with Crippen LogP contribution in [-0.4, -0.2) is 109 Å². The molecule has 0 saturated carbocycles. The number of sulfonamides is 1. The largest absolute Gasteiger partial charge is 0.344 e. The van der Waals surface area contributed by atoms with E-state index >= 15 is 0 Å². The summed E-state index contributed by atoms with van der Waals surface area (Å²) in [5.41, 5.74) is 5.16. The van der Waals surface area contributed by atoms with E-state index < -0.39 is 52.3 Å². The third-order valence-electron chi connectivity index (χ3n) is 14.5. The van der Waals surface area contributed by atoms with Crippen LogP contribution in [0, 0.1) is 5.41 Å². The first kappa shape index (κ1) is 61.7. The smallest absolute Gasteiger partial charge is 0.294 e. The van der Waals surface area contributed by atoms with Crippen molar-refractivity contribution in [2.75, 3.05) is 48.8 Å². The van der Waals surface area contributed by atoms with Crippen molar-refractivity contribution >= 4 is 111 Å². The molecule has 0 spiro atoms. The maximum Gasteiger partial charge on any atom is 0.294 e. The minimum atomic E-state index is -4.68. The number of hydrogen-bond donors (Lipinski definition) is 4. The summed E-state index contributed by atoms with van der Waals surface area (Å²) in [5.74, 6) is 0.128. The van der Waals surface area contributed by atoms with Gasteiger partial charge in [0.1, 0.15) is 12.3 Å². The molecule has 7 rings (SSSR count). The van der Waals surface area contributed by atoms with E-state index in [-0.39, 0.29) is 39.2 Å². The van der Waals surface area contributed by atoms with Gasteiger partial charge >= 0.3 is 0 Å². The molecule has 78 heavy (non-hydrogen) atoms. The maximum absolute atomic E-state index is 14.3. The molecule has 0 unspecified atom stereocenters. The number of ketones is 1. The van der Waals surface area contributed by atoms with E-state index in [9.17, 15) is 39.2 Å². The zero-order chi connectivity index (χ0) is 57.2. The average Bonchev–Trinajstić information content (AvgIpc) is 4.00. The van der Waals surface area contributed by atoms with Crippen LogP contribution in [0.5, 0.6) is 0 Å². The monoisotopic (exact) mass is 1190 g/mol. The van der Waals surface area contributed by atoms with Gasteiger partial charge in [-0.25, -0.2) is 23.2 Å². The van der Waals surface area contributed by atoms with Gasteiger partial charge in [0.05, 0.1) is 33.0 Å². The lowest BCUT2D eigenvalue weighted by Crippen LogP contribution is -2.29. The predicted molar refractivity (Wildman–Crippen MR) is 308 cm³/mol. The van der Waals surface area contributed by atoms with Crippen molar-refractivity contribution in [3.8, 4) is 0 Å². The second-order valence-corrected chi connectivity index (χ2v) is 29.0. The van der Waals surface area contributed by atoms with E-state index in [1.807, 2.05) is 84.0 Å². The Labute approximate surface area is 470 Å². The standard InChI is InChI=1S/C54H67N3O15S6/c1-10-56-42-24-22-38-41(33-37(78(66,67)68)34-44(38)75-72-70-60)50(42)53(5,6)46(56)26-20-35-15-11-16-36(51(35)73-31-32-76(61,62)63)21-27-47-54(7,8)49-40-17-12-18-45(77(64,65)55(9)28-13-19-48(58)52(2,3)4)39(40)23-25-43(49)57(47)29-14-30-74-71-69-59/h12,17-18,20-27,33-34H,10-11,13-16,19,28-32H2,1-9H3,(H3-,59,60,61,62,63,66,67,68)/p+1. The molecule has 0 atom stereocenters. The Balaban J connectivity index is 1.31. The molecular formula is C54H68N3O15S6+. The van der Waals surface area contributed by atoms with Gasteiger partial charge in [0, 0.05) is 112 Å². The molecule has 4 aromatic rings. The number of Topliss-reactive ketones (excluding diaryl/α,β-unsaturated/α-hetero) is 1. The highest BCUT2D eigenvalue weighted by Crippen LogP contribution is 2.53. The van der Waals surface area contributed by atoms with Crippen LogP contribution in [0.1, 0.15) is 105 Å². The number of carbonyl (C=O) groups is 1. The van der Waals surface area contributed by atoms with Gasteiger partial charge in [0.15, 0.2) is 5.71 Å². The van der Waals surface area contributed by atoms with Crippen molar-refractivity contribution in [1.82, 2.24) is 4.31 Å². The first-order valence-corrected chi connectivity index (χ1v) is 32.4. The molecule has 3 aliphatic rings. The lowest BCUT2D eigenvalue weighted by molar-refractivity contribution is -0.438. The highest BCUT2D eigenvalue weighted by molar-refractivity contribution is 8.04. The summed E-state index contributed by atoms with van der Waals surface area (Å²) in [5, 5.41) is 27.9. The van der Waals surface area contributed by atoms with Crippen molar-refractivity contribution in [2.24, 2.45) is 5.41 Å². The van der Waals surface area contributed by atoms with E-state index in [1.54, 1.807) is 12.1 Å². The summed E-state index contributed by atoms with van der Waals surface area (Å²) in [6.07, 6.45) is 11.5. The molecule has 2 heterocycles. The second kappa shape index (κ2) is 24.6. The van der Waals surface area contributed by atoms with Crippen LogP contribution in [0.25, 0.3) is 21.5 Å². The third-order valence-corrected chi connectivity index (χ3v) is 20.8. The van der Waals surface area contributed by atoms with Crippen LogP contribution in [0.2, 0.25) is 0 Å². The quantitative estimate of drug-likeness (QED) is 0.0127. The van der Waals surface area contributed by atoms with Crippen LogP contribution < -0.4 is 4.90 Å². The van der Waals surface area contributed by atoms with Gasteiger partial charge in [-0.05, 0) is 116 Å². The fourth-order valence-corrected chi connectivity index (χ4v) is 15.8. The van der Waals surface area contributed by atoms with Crippen molar-refractivity contribution in [3.63, 3.8) is 0 Å². The van der Waals surface area contributed by atoms with Crippen molar-refractivity contribution in [2.45, 2.75) is 119 Å². The number of carbonyl (C=O) groups excluding carboxylic acids is 1. The van der Waals surface area contributed by atoms with Crippen LogP contribution in [-0.2, 0) is 64.6 Å². The lowest BCUT2D eigenvalue weighted by atomic mass is 9.78. The highest BCUT2D eigenvalue weighted by atomic mass is 32.2. The molecule has 0 bridgehead atoms. The molecule has 0 saturated heterocycles. The molecule has 0 fully saturated rings. The van der Waals surface area contributed by atoms with Crippen molar-refractivity contribution in [1.29, 1.82) is 0 Å². The Morgan fingerprint density at radius 2 is 1.55 bits per heavy atom. The molecule has 0 aromatic heterocycles. The van der Waals surface area contributed by atoms with Crippen LogP contribution in [0.4, 0.5) is 11.4 Å².